The van der Waals surface area contributed by atoms with Crippen molar-refractivity contribution in [3.8, 4) is 5.75 Å². The average Bonchev–Trinajstić information content (AvgIpc) is 3.56. The molecule has 1 fully saturated rings. The third-order valence-electron chi connectivity index (χ3n) is 7.27. The van der Waals surface area contributed by atoms with E-state index in [0.29, 0.717) is 41.4 Å². The predicted molar refractivity (Wildman–Crippen MR) is 157 cm³/mol. The highest BCUT2D eigenvalue weighted by Gasteiger charge is 2.36. The molecule has 4 aromatic rings. The van der Waals surface area contributed by atoms with Crippen molar-refractivity contribution in [1.82, 2.24) is 4.31 Å². The van der Waals surface area contributed by atoms with Gasteiger partial charge in [0.25, 0.3) is 5.91 Å². The molecule has 0 saturated carbocycles. The van der Waals surface area contributed by atoms with Crippen molar-refractivity contribution < 1.29 is 36.7 Å². The number of furan rings is 1. The van der Waals surface area contributed by atoms with Gasteiger partial charge in [-0.15, -0.1) is 0 Å². The van der Waals surface area contributed by atoms with Crippen molar-refractivity contribution in [3.63, 3.8) is 0 Å². The van der Waals surface area contributed by atoms with Crippen LogP contribution in [0.5, 0.6) is 5.75 Å². The van der Waals surface area contributed by atoms with Gasteiger partial charge in [0.05, 0.1) is 23.6 Å². The molecule has 220 valence electrons. The summed E-state index contributed by atoms with van der Waals surface area (Å²) in [7, 11) is -2.15. The molecule has 0 aliphatic carbocycles. The zero-order chi connectivity index (χ0) is 30.0. The summed E-state index contributed by atoms with van der Waals surface area (Å²) < 4.78 is 43.4. The highest BCUT2D eigenvalue weighted by Crippen LogP contribution is 2.36. The summed E-state index contributed by atoms with van der Waals surface area (Å²) >= 11 is 0. The van der Waals surface area contributed by atoms with Crippen LogP contribution in [0.15, 0.2) is 70.0 Å². The Morgan fingerprint density at radius 3 is 2.43 bits per heavy atom. The van der Waals surface area contributed by atoms with Gasteiger partial charge in [-0.1, -0.05) is 32.0 Å². The second kappa shape index (κ2) is 11.8. The molecule has 1 N–H and O–H groups in total. The van der Waals surface area contributed by atoms with Gasteiger partial charge in [0.2, 0.25) is 15.9 Å². The fourth-order valence-corrected chi connectivity index (χ4v) is 6.54. The number of para-hydroxylation sites is 1. The van der Waals surface area contributed by atoms with E-state index < -0.39 is 34.4 Å². The third kappa shape index (κ3) is 5.55. The number of anilines is 2. The molecule has 1 atom stereocenters. The zero-order valence-electron chi connectivity index (χ0n) is 23.5. The lowest BCUT2D eigenvalue weighted by molar-refractivity contribution is -0.151. The van der Waals surface area contributed by atoms with E-state index >= 15 is 0 Å². The Bertz CT molecular complexity index is 1760. The number of methoxy groups -OCH3 is 1. The van der Waals surface area contributed by atoms with E-state index in [1.54, 1.807) is 38.1 Å². The van der Waals surface area contributed by atoms with E-state index in [1.165, 1.54) is 28.4 Å². The number of carbonyl (C=O) groups excluding carboxylic acids is 3. The van der Waals surface area contributed by atoms with Crippen LogP contribution in [0.25, 0.3) is 21.9 Å². The van der Waals surface area contributed by atoms with Crippen LogP contribution in [-0.4, -0.2) is 63.9 Å². The fourth-order valence-electron chi connectivity index (χ4n) is 5.08. The first-order chi connectivity index (χ1) is 20.2. The van der Waals surface area contributed by atoms with Gasteiger partial charge in [0.15, 0.2) is 6.61 Å². The number of fused-ring (bicyclic) bond motifs is 3. The highest BCUT2D eigenvalue weighted by atomic mass is 32.2. The molecule has 2 amide bonds. The van der Waals surface area contributed by atoms with Crippen LogP contribution in [0, 0.1) is 5.92 Å². The van der Waals surface area contributed by atoms with Gasteiger partial charge < -0.3 is 24.1 Å². The van der Waals surface area contributed by atoms with Crippen molar-refractivity contribution in [2.24, 2.45) is 5.92 Å². The van der Waals surface area contributed by atoms with E-state index in [-0.39, 0.29) is 23.8 Å². The normalized spacial score (nSPS) is 15.5. The molecule has 11 nitrogen and oxygen atoms in total. The standard InChI is InChI=1S/C30H31N3O8S/c1-4-32(5-2)42(37,38)21-12-10-20(11-13-21)33-17-19(14-29(33)35)30(36)40-18-28(34)31-24-16-26-23(15-27(24)39-3)22-8-6-7-9-25(22)41-26/h6-13,15-16,19H,4-5,14,17-18H2,1-3H3,(H,31,34)/t19-/m1/s1. The van der Waals surface area contributed by atoms with E-state index in [0.717, 1.165) is 10.8 Å². The number of nitrogens with one attached hydrogen (secondary N) is 1. The summed E-state index contributed by atoms with van der Waals surface area (Å²) in [6.45, 7) is 3.72. The van der Waals surface area contributed by atoms with Crippen molar-refractivity contribution in [3.05, 3.63) is 60.7 Å². The van der Waals surface area contributed by atoms with Crippen molar-refractivity contribution in [2.75, 3.05) is 43.6 Å². The Hall–Kier alpha value is -4.42. The van der Waals surface area contributed by atoms with Gasteiger partial charge >= 0.3 is 5.97 Å². The molecular formula is C30H31N3O8S. The summed E-state index contributed by atoms with van der Waals surface area (Å²) in [5.74, 6) is -1.91. The lowest BCUT2D eigenvalue weighted by atomic mass is 10.1. The van der Waals surface area contributed by atoms with Crippen LogP contribution in [0.3, 0.4) is 0 Å². The zero-order valence-corrected chi connectivity index (χ0v) is 24.3. The number of esters is 1. The number of nitrogens with zero attached hydrogens (tertiary/aromatic N) is 2. The molecular weight excluding hydrogens is 562 g/mol. The van der Waals surface area contributed by atoms with Gasteiger partial charge in [-0.2, -0.15) is 4.31 Å². The molecule has 1 aromatic heterocycles. The Morgan fingerprint density at radius 2 is 1.74 bits per heavy atom. The van der Waals surface area contributed by atoms with E-state index in [9.17, 15) is 22.8 Å². The lowest BCUT2D eigenvalue weighted by Gasteiger charge is -2.20. The molecule has 12 heteroatoms. The predicted octanol–water partition coefficient (Wildman–Crippen LogP) is 4.16. The molecule has 0 unspecified atom stereocenters. The summed E-state index contributed by atoms with van der Waals surface area (Å²) in [4.78, 5) is 39.6. The number of hydrogen-bond donors (Lipinski definition) is 1. The first kappa shape index (κ1) is 29.1. The number of rotatable bonds is 10. The van der Waals surface area contributed by atoms with Crippen molar-refractivity contribution >= 4 is 61.1 Å². The molecule has 0 spiro atoms. The van der Waals surface area contributed by atoms with Crippen LogP contribution < -0.4 is 15.0 Å². The Morgan fingerprint density at radius 1 is 1.02 bits per heavy atom. The van der Waals surface area contributed by atoms with Crippen molar-refractivity contribution in [1.29, 1.82) is 0 Å². The van der Waals surface area contributed by atoms with Gasteiger partial charge in [-0.3, -0.25) is 14.4 Å². The molecule has 0 bridgehead atoms. The Labute approximate surface area is 243 Å². The van der Waals surface area contributed by atoms with Crippen LogP contribution >= 0.6 is 0 Å². The van der Waals surface area contributed by atoms with E-state index in [2.05, 4.69) is 5.32 Å². The van der Waals surface area contributed by atoms with E-state index in [4.69, 9.17) is 13.9 Å². The summed E-state index contributed by atoms with van der Waals surface area (Å²) in [6, 6.07) is 17.0. The average molecular weight is 594 g/mol. The smallest absolute Gasteiger partial charge is 0.311 e. The second-order valence-electron chi connectivity index (χ2n) is 9.79. The maximum absolute atomic E-state index is 12.7. The maximum atomic E-state index is 12.7. The third-order valence-corrected chi connectivity index (χ3v) is 9.33. The van der Waals surface area contributed by atoms with Gasteiger partial charge in [-0.25, -0.2) is 8.42 Å². The minimum Gasteiger partial charge on any atom is -0.495 e. The summed E-state index contributed by atoms with van der Waals surface area (Å²) in [5.41, 5.74) is 2.10. The number of benzene rings is 3. The van der Waals surface area contributed by atoms with E-state index in [1.807, 2.05) is 24.3 Å². The van der Waals surface area contributed by atoms with Gasteiger partial charge in [-0.05, 0) is 36.4 Å². The second-order valence-corrected chi connectivity index (χ2v) is 11.7. The number of carbonyl (C=O) groups is 3. The number of hydrogen-bond acceptors (Lipinski definition) is 8. The van der Waals surface area contributed by atoms with Crippen LogP contribution in [0.4, 0.5) is 11.4 Å². The Kier molecular flexibility index (Phi) is 8.19. The summed E-state index contributed by atoms with van der Waals surface area (Å²) in [5, 5.41) is 4.44. The molecule has 1 aliphatic rings. The molecule has 0 radical (unpaired) electrons. The first-order valence-corrected chi connectivity index (χ1v) is 15.0. The molecule has 42 heavy (non-hydrogen) atoms. The van der Waals surface area contributed by atoms with Crippen LogP contribution in [0.2, 0.25) is 0 Å². The molecule has 3 aromatic carbocycles. The van der Waals surface area contributed by atoms with Crippen LogP contribution in [-0.2, 0) is 29.1 Å². The number of amides is 2. The van der Waals surface area contributed by atoms with Gasteiger partial charge in [0, 0.05) is 48.6 Å². The number of ether oxygens (including phenoxy) is 2. The molecule has 1 saturated heterocycles. The fraction of sp³-hybridized carbons (Fsp3) is 0.300. The first-order valence-electron chi connectivity index (χ1n) is 13.5. The summed E-state index contributed by atoms with van der Waals surface area (Å²) in [6.07, 6.45) is -0.0868. The molecule has 2 heterocycles. The Balaban J connectivity index is 1.20. The molecule has 5 rings (SSSR count). The SMILES string of the molecule is CCN(CC)S(=O)(=O)c1ccc(N2C[C@H](C(=O)OCC(=O)Nc3cc4oc5ccccc5c4cc3OC)CC2=O)cc1. The molecule has 1 aliphatic heterocycles. The maximum Gasteiger partial charge on any atom is 0.311 e. The quantitative estimate of drug-likeness (QED) is 0.271. The lowest BCUT2D eigenvalue weighted by Crippen LogP contribution is -2.31. The minimum atomic E-state index is -3.63. The topological polar surface area (TPSA) is 135 Å². The van der Waals surface area contributed by atoms with Crippen LogP contribution in [0.1, 0.15) is 20.3 Å². The largest absolute Gasteiger partial charge is 0.495 e. The van der Waals surface area contributed by atoms with Crippen molar-refractivity contribution in [2.45, 2.75) is 25.2 Å². The minimum absolute atomic E-state index is 0.0535. The monoisotopic (exact) mass is 593 g/mol. The number of sulfonamides is 1. The highest BCUT2D eigenvalue weighted by molar-refractivity contribution is 7.89. The van der Waals surface area contributed by atoms with Gasteiger partial charge in [0.1, 0.15) is 16.9 Å².